The highest BCUT2D eigenvalue weighted by Crippen LogP contribution is 2.10. The summed E-state index contributed by atoms with van der Waals surface area (Å²) in [7, 11) is 0. The van der Waals surface area contributed by atoms with Crippen molar-refractivity contribution in [3.63, 3.8) is 0 Å². The Balaban J connectivity index is 1.69. The maximum atomic E-state index is 13.2. The summed E-state index contributed by atoms with van der Waals surface area (Å²) in [5, 5.41) is 2.67. The first-order valence-corrected chi connectivity index (χ1v) is 9.76. The van der Waals surface area contributed by atoms with Crippen LogP contribution >= 0.6 is 0 Å². The summed E-state index contributed by atoms with van der Waals surface area (Å²) < 4.78 is 2.29. The molecule has 2 amide bonds. The average Bonchev–Trinajstić information content (AvgIpc) is 2.80. The molecule has 2 aromatic heterocycles. The molecule has 0 spiro atoms. The molecule has 0 fully saturated rings. The maximum Gasteiger partial charge on any atom is 0.332 e. The number of aromatic nitrogens is 3. The highest BCUT2D eigenvalue weighted by molar-refractivity contribution is 5.95. The molecule has 4 aromatic rings. The van der Waals surface area contributed by atoms with Gasteiger partial charge in [-0.15, -0.1) is 0 Å². The van der Waals surface area contributed by atoms with E-state index in [0.29, 0.717) is 11.3 Å². The predicted octanol–water partition coefficient (Wildman–Crippen LogP) is 1.34. The van der Waals surface area contributed by atoms with Gasteiger partial charge in [-0.3, -0.25) is 23.5 Å². The molecular formula is C23H19N5O4. The third kappa shape index (κ3) is 4.17. The minimum atomic E-state index is -0.612. The number of anilines is 1. The number of amides is 2. The molecule has 3 N–H and O–H groups in total. The van der Waals surface area contributed by atoms with Crippen LogP contribution in [0.4, 0.5) is 5.69 Å². The lowest BCUT2D eigenvalue weighted by Gasteiger charge is -2.14. The van der Waals surface area contributed by atoms with E-state index < -0.39 is 23.1 Å². The van der Waals surface area contributed by atoms with Crippen molar-refractivity contribution >= 4 is 28.5 Å². The summed E-state index contributed by atoms with van der Waals surface area (Å²) in [6.07, 6.45) is 1.46. The minimum absolute atomic E-state index is 0.0568. The predicted molar refractivity (Wildman–Crippen MR) is 119 cm³/mol. The van der Waals surface area contributed by atoms with E-state index in [4.69, 9.17) is 5.73 Å². The van der Waals surface area contributed by atoms with E-state index in [1.54, 1.807) is 24.3 Å². The second-order valence-corrected chi connectivity index (χ2v) is 7.11. The number of benzene rings is 2. The number of primary amides is 1. The molecule has 4 rings (SSSR count). The van der Waals surface area contributed by atoms with Crippen LogP contribution in [0, 0.1) is 0 Å². The van der Waals surface area contributed by atoms with Gasteiger partial charge in [0.25, 0.3) is 5.56 Å². The van der Waals surface area contributed by atoms with E-state index in [0.717, 1.165) is 10.1 Å². The first-order chi connectivity index (χ1) is 15.4. The van der Waals surface area contributed by atoms with Crippen LogP contribution in [0.1, 0.15) is 15.9 Å². The minimum Gasteiger partial charge on any atom is -0.366 e. The second-order valence-electron chi connectivity index (χ2n) is 7.11. The van der Waals surface area contributed by atoms with Crippen molar-refractivity contribution in [1.29, 1.82) is 0 Å². The number of pyridine rings is 1. The summed E-state index contributed by atoms with van der Waals surface area (Å²) >= 11 is 0. The van der Waals surface area contributed by atoms with E-state index in [1.807, 2.05) is 18.2 Å². The van der Waals surface area contributed by atoms with Crippen molar-refractivity contribution in [3.8, 4) is 0 Å². The number of nitrogens with one attached hydrogen (secondary N) is 1. The number of carbonyl (C=O) groups excluding carboxylic acids is 2. The highest BCUT2D eigenvalue weighted by atomic mass is 16.2. The molecule has 2 heterocycles. The molecule has 0 aliphatic carbocycles. The number of nitrogens with zero attached hydrogens (tertiary/aromatic N) is 3. The molecule has 2 aromatic carbocycles. The normalized spacial score (nSPS) is 10.8. The quantitative estimate of drug-likeness (QED) is 0.478. The third-order valence-corrected chi connectivity index (χ3v) is 4.93. The molecule has 9 heteroatoms. The van der Waals surface area contributed by atoms with Crippen molar-refractivity contribution < 1.29 is 9.59 Å². The van der Waals surface area contributed by atoms with Gasteiger partial charge in [0.2, 0.25) is 11.8 Å². The number of hydrogen-bond donors (Lipinski definition) is 2. The first-order valence-electron chi connectivity index (χ1n) is 9.76. The Bertz CT molecular complexity index is 1420. The molecule has 0 saturated carbocycles. The van der Waals surface area contributed by atoms with Crippen molar-refractivity contribution in [2.45, 2.75) is 13.1 Å². The van der Waals surface area contributed by atoms with Gasteiger partial charge < -0.3 is 11.1 Å². The average molecular weight is 429 g/mol. The highest BCUT2D eigenvalue weighted by Gasteiger charge is 2.16. The first kappa shape index (κ1) is 20.7. The van der Waals surface area contributed by atoms with E-state index in [1.165, 1.54) is 35.0 Å². The molecule has 0 saturated heterocycles. The smallest absolute Gasteiger partial charge is 0.332 e. The number of fused-ring (bicyclic) bond motifs is 1. The number of hydrogen-bond acceptors (Lipinski definition) is 5. The standard InChI is InChI=1S/C23H19N5O4/c24-21(30)16-8-10-17(11-9-16)26-19(29)14-27-18-7-4-12-25-20(18)22(31)28(23(27)32)13-15-5-2-1-3-6-15/h1-12H,13-14H2,(H2,24,30)(H,26,29). The van der Waals surface area contributed by atoms with Gasteiger partial charge in [-0.2, -0.15) is 0 Å². The second kappa shape index (κ2) is 8.68. The maximum absolute atomic E-state index is 13.2. The lowest BCUT2D eigenvalue weighted by molar-refractivity contribution is -0.116. The zero-order chi connectivity index (χ0) is 22.7. The monoisotopic (exact) mass is 429 g/mol. The van der Waals surface area contributed by atoms with Crippen LogP contribution in [-0.4, -0.2) is 25.9 Å². The Morgan fingerprint density at radius 3 is 2.31 bits per heavy atom. The van der Waals surface area contributed by atoms with Crippen LogP contribution in [-0.2, 0) is 17.9 Å². The Morgan fingerprint density at radius 2 is 1.62 bits per heavy atom. The van der Waals surface area contributed by atoms with Gasteiger partial charge in [-0.05, 0) is 42.0 Å². The van der Waals surface area contributed by atoms with Crippen LogP contribution in [0.15, 0.2) is 82.5 Å². The SMILES string of the molecule is NC(=O)c1ccc(NC(=O)Cn2c(=O)n(Cc3ccccc3)c(=O)c3ncccc32)cc1. The Hall–Kier alpha value is -4.53. The molecule has 9 nitrogen and oxygen atoms in total. The van der Waals surface area contributed by atoms with Gasteiger partial charge in [0, 0.05) is 17.4 Å². The summed E-state index contributed by atoms with van der Waals surface area (Å²) in [6, 6.07) is 18.3. The molecule has 0 atom stereocenters. The van der Waals surface area contributed by atoms with Crippen LogP contribution < -0.4 is 22.3 Å². The molecular weight excluding hydrogens is 410 g/mol. The lowest BCUT2D eigenvalue weighted by atomic mass is 10.2. The summed E-state index contributed by atoms with van der Waals surface area (Å²) in [5.74, 6) is -1.05. The van der Waals surface area contributed by atoms with Crippen LogP contribution in [0.25, 0.3) is 11.0 Å². The summed E-state index contributed by atoms with van der Waals surface area (Å²) in [4.78, 5) is 54.1. The zero-order valence-corrected chi connectivity index (χ0v) is 16.9. The zero-order valence-electron chi connectivity index (χ0n) is 16.9. The molecule has 0 radical (unpaired) electrons. The van der Waals surface area contributed by atoms with Crippen LogP contribution in [0.2, 0.25) is 0 Å². The van der Waals surface area contributed by atoms with Gasteiger partial charge in [0.15, 0.2) is 5.52 Å². The molecule has 0 bridgehead atoms. The van der Waals surface area contributed by atoms with E-state index in [2.05, 4.69) is 10.3 Å². The molecule has 0 unspecified atom stereocenters. The molecule has 32 heavy (non-hydrogen) atoms. The topological polar surface area (TPSA) is 129 Å². The molecule has 160 valence electrons. The van der Waals surface area contributed by atoms with Gasteiger partial charge in [0.05, 0.1) is 12.1 Å². The summed E-state index contributed by atoms with van der Waals surface area (Å²) in [6.45, 7) is -0.269. The van der Waals surface area contributed by atoms with Crippen LogP contribution in [0.5, 0.6) is 0 Å². The van der Waals surface area contributed by atoms with Gasteiger partial charge in [-0.25, -0.2) is 9.78 Å². The van der Waals surface area contributed by atoms with E-state index in [9.17, 15) is 19.2 Å². The molecule has 0 aliphatic rings. The fraction of sp³-hybridized carbons (Fsp3) is 0.0870. The van der Waals surface area contributed by atoms with Crippen LogP contribution in [0.3, 0.4) is 0 Å². The van der Waals surface area contributed by atoms with Crippen molar-refractivity contribution in [3.05, 3.63) is 105 Å². The van der Waals surface area contributed by atoms with Crippen molar-refractivity contribution in [2.75, 3.05) is 5.32 Å². The Labute approximate surface area is 181 Å². The molecule has 0 aliphatic heterocycles. The summed E-state index contributed by atoms with van der Waals surface area (Å²) in [5.41, 5.74) is 5.97. The third-order valence-electron chi connectivity index (χ3n) is 4.93. The van der Waals surface area contributed by atoms with Gasteiger partial charge in [-0.1, -0.05) is 30.3 Å². The lowest BCUT2D eigenvalue weighted by Crippen LogP contribution is -2.42. The van der Waals surface area contributed by atoms with Crippen molar-refractivity contribution in [2.24, 2.45) is 5.73 Å². The van der Waals surface area contributed by atoms with E-state index >= 15 is 0 Å². The largest absolute Gasteiger partial charge is 0.366 e. The number of rotatable bonds is 6. The van der Waals surface area contributed by atoms with Crippen molar-refractivity contribution in [1.82, 2.24) is 14.1 Å². The fourth-order valence-electron chi connectivity index (χ4n) is 3.36. The van der Waals surface area contributed by atoms with Gasteiger partial charge >= 0.3 is 5.69 Å². The Kier molecular flexibility index (Phi) is 5.63. The number of carbonyl (C=O) groups is 2. The van der Waals surface area contributed by atoms with E-state index in [-0.39, 0.29) is 24.1 Å². The fourth-order valence-corrected chi connectivity index (χ4v) is 3.36. The Morgan fingerprint density at radius 1 is 0.906 bits per heavy atom. The van der Waals surface area contributed by atoms with Gasteiger partial charge in [0.1, 0.15) is 6.54 Å². The number of nitrogens with two attached hydrogens (primary N) is 1.